The van der Waals surface area contributed by atoms with Crippen molar-refractivity contribution in [1.29, 1.82) is 0 Å². The molecule has 2 amide bonds. The minimum absolute atomic E-state index is 0.0477. The third-order valence-corrected chi connectivity index (χ3v) is 7.40. The van der Waals surface area contributed by atoms with Crippen molar-refractivity contribution in [2.75, 3.05) is 18.1 Å². The summed E-state index contributed by atoms with van der Waals surface area (Å²) < 4.78 is 0.195. The normalized spacial score (nSPS) is 16.7. The Labute approximate surface area is 192 Å². The van der Waals surface area contributed by atoms with E-state index in [1.165, 1.54) is 0 Å². The van der Waals surface area contributed by atoms with E-state index in [9.17, 15) is 9.59 Å². The molecule has 0 unspecified atom stereocenters. The van der Waals surface area contributed by atoms with Crippen LogP contribution < -0.4 is 5.32 Å². The summed E-state index contributed by atoms with van der Waals surface area (Å²) >= 11 is 9.41. The highest BCUT2D eigenvalue weighted by Crippen LogP contribution is 2.39. The molecule has 1 heterocycles. The van der Waals surface area contributed by atoms with Crippen LogP contribution in [0.15, 0.2) is 48.5 Å². The molecule has 160 valence electrons. The van der Waals surface area contributed by atoms with Crippen LogP contribution in [0.2, 0.25) is 5.02 Å². The van der Waals surface area contributed by atoms with E-state index < -0.39 is 0 Å². The highest BCUT2D eigenvalue weighted by Gasteiger charge is 2.32. The van der Waals surface area contributed by atoms with E-state index in [0.717, 1.165) is 16.9 Å². The number of carbonyl (C=O) groups excluding carboxylic acids is 2. The first-order chi connectivity index (χ1) is 14.2. The van der Waals surface area contributed by atoms with Crippen LogP contribution in [0.25, 0.3) is 0 Å². The maximum absolute atomic E-state index is 12.4. The minimum Gasteiger partial charge on any atom is -0.351 e. The average molecular weight is 463 g/mol. The van der Waals surface area contributed by atoms with Crippen LogP contribution >= 0.6 is 35.1 Å². The maximum atomic E-state index is 12.4. The molecular formula is C23H27ClN2O2S2. The van der Waals surface area contributed by atoms with Gasteiger partial charge in [-0.15, -0.1) is 11.8 Å². The zero-order valence-electron chi connectivity index (χ0n) is 17.5. The second kappa shape index (κ2) is 10.1. The summed E-state index contributed by atoms with van der Waals surface area (Å²) in [6.45, 7) is 7.69. The third-order valence-electron chi connectivity index (χ3n) is 4.61. The van der Waals surface area contributed by atoms with Crippen LogP contribution in [0.5, 0.6) is 0 Å². The van der Waals surface area contributed by atoms with E-state index in [2.05, 4.69) is 26.1 Å². The Morgan fingerprint density at radius 2 is 1.83 bits per heavy atom. The van der Waals surface area contributed by atoms with Gasteiger partial charge in [0.05, 0.1) is 5.75 Å². The van der Waals surface area contributed by atoms with Gasteiger partial charge in [0.25, 0.3) is 5.91 Å². The number of hydrogen-bond acceptors (Lipinski definition) is 4. The summed E-state index contributed by atoms with van der Waals surface area (Å²) in [5.74, 6) is 1.40. The van der Waals surface area contributed by atoms with Crippen LogP contribution in [0.4, 0.5) is 0 Å². The number of thioether (sulfide) groups is 2. The predicted molar refractivity (Wildman–Crippen MR) is 128 cm³/mol. The molecule has 4 nitrogen and oxygen atoms in total. The zero-order valence-corrected chi connectivity index (χ0v) is 19.9. The number of halogens is 1. The topological polar surface area (TPSA) is 49.4 Å². The van der Waals surface area contributed by atoms with Gasteiger partial charge in [0, 0.05) is 34.2 Å². The van der Waals surface area contributed by atoms with Crippen LogP contribution in [0.3, 0.4) is 0 Å². The van der Waals surface area contributed by atoms with Gasteiger partial charge in [-0.2, -0.15) is 11.8 Å². The molecule has 1 fully saturated rings. The molecule has 2 aromatic rings. The first kappa shape index (κ1) is 23.0. The Balaban J connectivity index is 1.60. The lowest BCUT2D eigenvalue weighted by Gasteiger charge is -2.24. The summed E-state index contributed by atoms with van der Waals surface area (Å²) in [6, 6.07) is 15.1. The van der Waals surface area contributed by atoms with Gasteiger partial charge in [0.15, 0.2) is 0 Å². The molecule has 0 bridgehead atoms. The van der Waals surface area contributed by atoms with Gasteiger partial charge in [0.2, 0.25) is 5.91 Å². The molecule has 1 aliphatic rings. The van der Waals surface area contributed by atoms with Crippen molar-refractivity contribution in [3.8, 4) is 0 Å². The van der Waals surface area contributed by atoms with Crippen molar-refractivity contribution < 1.29 is 9.59 Å². The minimum atomic E-state index is -0.0655. The quantitative estimate of drug-likeness (QED) is 0.561. The van der Waals surface area contributed by atoms with E-state index in [4.69, 9.17) is 11.6 Å². The Kier molecular flexibility index (Phi) is 7.77. The lowest BCUT2D eigenvalue weighted by atomic mass is 10.1. The number of benzene rings is 2. The van der Waals surface area contributed by atoms with Gasteiger partial charge >= 0.3 is 0 Å². The van der Waals surface area contributed by atoms with Gasteiger partial charge in [-0.1, -0.05) is 56.6 Å². The smallest absolute Gasteiger partial charge is 0.251 e. The molecule has 1 aliphatic heterocycles. The lowest BCUT2D eigenvalue weighted by Crippen LogP contribution is -2.28. The third kappa shape index (κ3) is 6.43. The second-order valence-corrected chi connectivity index (χ2v) is 11.6. The highest BCUT2D eigenvalue weighted by atomic mass is 35.5. The molecular weight excluding hydrogens is 436 g/mol. The number of nitrogens with zero attached hydrogens (tertiary/aromatic N) is 1. The van der Waals surface area contributed by atoms with Gasteiger partial charge in [-0.05, 0) is 35.4 Å². The number of carbonyl (C=O) groups is 2. The molecule has 0 saturated carbocycles. The molecule has 1 saturated heterocycles. The van der Waals surface area contributed by atoms with Crippen molar-refractivity contribution in [2.45, 2.75) is 37.4 Å². The molecule has 1 atom stereocenters. The fourth-order valence-corrected chi connectivity index (χ4v) is 5.24. The molecule has 30 heavy (non-hydrogen) atoms. The Bertz CT molecular complexity index is 880. The van der Waals surface area contributed by atoms with Crippen LogP contribution in [0, 0.1) is 0 Å². The first-order valence-electron chi connectivity index (χ1n) is 9.90. The molecule has 3 rings (SSSR count). The van der Waals surface area contributed by atoms with Crippen molar-refractivity contribution >= 4 is 46.9 Å². The standard InChI is InChI=1S/C23H27ClN2O2S2/c1-23(2,3)30-13-12-25-21(28)17-6-8-18(9-7-17)22-26(20(27)15-29-22)14-16-4-10-19(24)11-5-16/h4-11,22H,12-15H2,1-3H3,(H,25,28)/t22-/m1/s1. The molecule has 0 aliphatic carbocycles. The summed E-state index contributed by atoms with van der Waals surface area (Å²) in [4.78, 5) is 26.7. The predicted octanol–water partition coefficient (Wildman–Crippen LogP) is 5.38. The fourth-order valence-electron chi connectivity index (χ4n) is 3.11. The van der Waals surface area contributed by atoms with Gasteiger partial charge in [0.1, 0.15) is 5.37 Å². The maximum Gasteiger partial charge on any atom is 0.251 e. The Morgan fingerprint density at radius 1 is 1.17 bits per heavy atom. The van der Waals surface area contributed by atoms with Gasteiger partial charge in [-0.3, -0.25) is 9.59 Å². The Hall–Kier alpha value is -1.63. The zero-order chi connectivity index (χ0) is 21.7. The average Bonchev–Trinajstić information content (AvgIpc) is 3.06. The molecule has 2 aromatic carbocycles. The molecule has 0 radical (unpaired) electrons. The second-order valence-electron chi connectivity index (χ2n) is 8.15. The van der Waals surface area contributed by atoms with Crippen LogP contribution in [-0.4, -0.2) is 39.5 Å². The van der Waals surface area contributed by atoms with E-state index in [0.29, 0.717) is 29.4 Å². The number of nitrogens with one attached hydrogen (secondary N) is 1. The summed E-state index contributed by atoms with van der Waals surface area (Å²) in [7, 11) is 0. The van der Waals surface area contributed by atoms with Crippen molar-refractivity contribution in [3.63, 3.8) is 0 Å². The van der Waals surface area contributed by atoms with Crippen LogP contribution in [0.1, 0.15) is 47.6 Å². The fraction of sp³-hybridized carbons (Fsp3) is 0.391. The summed E-state index contributed by atoms with van der Waals surface area (Å²) in [5, 5.41) is 3.61. The van der Waals surface area contributed by atoms with Gasteiger partial charge < -0.3 is 10.2 Å². The molecule has 1 N–H and O–H groups in total. The van der Waals surface area contributed by atoms with Crippen molar-refractivity contribution in [2.24, 2.45) is 0 Å². The van der Waals surface area contributed by atoms with E-state index >= 15 is 0 Å². The summed E-state index contributed by atoms with van der Waals surface area (Å²) in [5.41, 5.74) is 2.71. The number of rotatable bonds is 7. The van der Waals surface area contributed by atoms with E-state index in [-0.39, 0.29) is 21.9 Å². The van der Waals surface area contributed by atoms with Gasteiger partial charge in [-0.25, -0.2) is 0 Å². The molecule has 0 spiro atoms. The molecule has 7 heteroatoms. The SMILES string of the molecule is CC(C)(C)SCCNC(=O)c1ccc([C@H]2SCC(=O)N2Cc2ccc(Cl)cc2)cc1. The molecule has 0 aromatic heterocycles. The largest absolute Gasteiger partial charge is 0.351 e. The number of amides is 2. The van der Waals surface area contributed by atoms with E-state index in [1.54, 1.807) is 11.8 Å². The summed E-state index contributed by atoms with van der Waals surface area (Å²) in [6.07, 6.45) is 0. The lowest BCUT2D eigenvalue weighted by molar-refractivity contribution is -0.128. The van der Waals surface area contributed by atoms with Crippen molar-refractivity contribution in [3.05, 3.63) is 70.2 Å². The Morgan fingerprint density at radius 3 is 2.47 bits per heavy atom. The first-order valence-corrected chi connectivity index (χ1v) is 12.3. The van der Waals surface area contributed by atoms with Crippen LogP contribution in [-0.2, 0) is 11.3 Å². The number of hydrogen-bond donors (Lipinski definition) is 1. The monoisotopic (exact) mass is 462 g/mol. The van der Waals surface area contributed by atoms with Crippen molar-refractivity contribution in [1.82, 2.24) is 10.2 Å². The van der Waals surface area contributed by atoms with E-state index in [1.807, 2.05) is 65.2 Å². The highest BCUT2D eigenvalue weighted by molar-refractivity contribution is 8.00.